The Morgan fingerprint density at radius 1 is 1.39 bits per heavy atom. The summed E-state index contributed by atoms with van der Waals surface area (Å²) in [6.45, 7) is 9.88. The number of rotatable bonds is 8. The van der Waals surface area contributed by atoms with Gasteiger partial charge in [-0.2, -0.15) is 0 Å². The zero-order valence-electron chi connectivity index (χ0n) is 17.1. The van der Waals surface area contributed by atoms with Gasteiger partial charge in [-0.1, -0.05) is 26.1 Å². The average Bonchev–Trinajstić information content (AvgIpc) is 3.06. The number of aromatic nitrogens is 3. The molecule has 1 fully saturated rings. The first-order valence-corrected chi connectivity index (χ1v) is 13.8. The highest BCUT2D eigenvalue weighted by atomic mass is 28.3. The number of urea groups is 1. The maximum absolute atomic E-state index is 12.1. The summed E-state index contributed by atoms with van der Waals surface area (Å²) in [6, 6.07) is 3.12. The molecule has 1 saturated heterocycles. The Balaban J connectivity index is 1.49. The van der Waals surface area contributed by atoms with Crippen LogP contribution in [0.4, 0.5) is 10.6 Å². The lowest BCUT2D eigenvalue weighted by Crippen LogP contribution is -2.44. The molecule has 0 bridgehead atoms. The van der Waals surface area contributed by atoms with E-state index in [1.807, 2.05) is 16.8 Å². The normalized spacial score (nSPS) is 17.6. The summed E-state index contributed by atoms with van der Waals surface area (Å²) in [5.74, 6) is 0.444. The summed E-state index contributed by atoms with van der Waals surface area (Å²) in [5, 5.41) is 9.07. The second kappa shape index (κ2) is 9.49. The fourth-order valence-corrected chi connectivity index (χ4v) is 3.90. The number of hydrogen-bond acceptors (Lipinski definition) is 5. The van der Waals surface area contributed by atoms with E-state index in [2.05, 4.69) is 45.6 Å². The van der Waals surface area contributed by atoms with Gasteiger partial charge in [0, 0.05) is 33.5 Å². The molecule has 1 aliphatic heterocycles. The Morgan fingerprint density at radius 2 is 2.25 bits per heavy atom. The molecule has 2 aromatic rings. The van der Waals surface area contributed by atoms with Crippen molar-refractivity contribution in [2.45, 2.75) is 57.7 Å². The molecule has 28 heavy (non-hydrogen) atoms. The van der Waals surface area contributed by atoms with E-state index in [4.69, 9.17) is 4.74 Å². The first-order chi connectivity index (χ1) is 13.4. The van der Waals surface area contributed by atoms with Gasteiger partial charge in [0.05, 0.1) is 6.20 Å². The van der Waals surface area contributed by atoms with Crippen molar-refractivity contribution in [2.24, 2.45) is 0 Å². The van der Waals surface area contributed by atoms with E-state index >= 15 is 0 Å². The monoisotopic (exact) mass is 404 g/mol. The zero-order chi connectivity index (χ0) is 20.0. The maximum Gasteiger partial charge on any atom is 0.320 e. The van der Waals surface area contributed by atoms with Gasteiger partial charge >= 0.3 is 6.03 Å². The van der Waals surface area contributed by atoms with E-state index in [0.717, 1.165) is 36.8 Å². The molecule has 0 aliphatic carbocycles. The molecule has 9 heteroatoms. The Morgan fingerprint density at radius 3 is 3.00 bits per heavy atom. The van der Waals surface area contributed by atoms with Gasteiger partial charge in [-0.3, -0.25) is 5.32 Å². The highest BCUT2D eigenvalue weighted by Crippen LogP contribution is 2.15. The van der Waals surface area contributed by atoms with Crippen molar-refractivity contribution in [3.05, 3.63) is 18.5 Å². The number of nitrogens with zero attached hydrogens (tertiary/aromatic N) is 3. The van der Waals surface area contributed by atoms with Crippen LogP contribution in [0.2, 0.25) is 25.7 Å². The molecule has 3 rings (SSSR count). The minimum absolute atomic E-state index is 0.255. The number of carbonyl (C=O) groups excluding carboxylic acids is 1. The number of amides is 2. The first-order valence-electron chi connectivity index (χ1n) is 10.1. The second-order valence-electron chi connectivity index (χ2n) is 8.58. The minimum Gasteiger partial charge on any atom is -0.361 e. The van der Waals surface area contributed by atoms with Crippen LogP contribution in [0.25, 0.3) is 11.2 Å². The smallest absolute Gasteiger partial charge is 0.320 e. The summed E-state index contributed by atoms with van der Waals surface area (Å²) in [7, 11) is -1.09. The van der Waals surface area contributed by atoms with Gasteiger partial charge in [0.1, 0.15) is 12.2 Å². The lowest BCUT2D eigenvalue weighted by atomic mass is 10.1. The van der Waals surface area contributed by atoms with E-state index in [9.17, 15) is 4.79 Å². The minimum atomic E-state index is -1.09. The fourth-order valence-electron chi connectivity index (χ4n) is 3.14. The molecular formula is C19H32N6O2Si. The van der Waals surface area contributed by atoms with E-state index in [0.29, 0.717) is 25.1 Å². The number of fused-ring (bicyclic) bond motifs is 1. The molecule has 154 valence electrons. The molecule has 1 unspecified atom stereocenters. The zero-order valence-corrected chi connectivity index (χ0v) is 18.1. The summed E-state index contributed by atoms with van der Waals surface area (Å²) >= 11 is 0. The van der Waals surface area contributed by atoms with Crippen LogP contribution in [0, 0.1) is 0 Å². The maximum atomic E-state index is 12.1. The van der Waals surface area contributed by atoms with Gasteiger partial charge in [0.2, 0.25) is 0 Å². The molecule has 3 N–H and O–H groups in total. The Bertz CT molecular complexity index is 782. The van der Waals surface area contributed by atoms with Crippen LogP contribution < -0.4 is 16.0 Å². The van der Waals surface area contributed by atoms with Crippen molar-refractivity contribution < 1.29 is 9.53 Å². The molecule has 0 spiro atoms. The van der Waals surface area contributed by atoms with Crippen molar-refractivity contribution in [3.63, 3.8) is 0 Å². The van der Waals surface area contributed by atoms with E-state index in [-0.39, 0.29) is 6.03 Å². The number of piperidine rings is 1. The molecular weight excluding hydrogens is 372 g/mol. The number of carbonyl (C=O) groups is 1. The topological polar surface area (TPSA) is 93.1 Å². The second-order valence-corrected chi connectivity index (χ2v) is 14.2. The van der Waals surface area contributed by atoms with Crippen LogP contribution in [-0.2, 0) is 11.5 Å². The van der Waals surface area contributed by atoms with Gasteiger partial charge in [0.15, 0.2) is 11.5 Å². The third kappa shape index (κ3) is 6.28. The number of anilines is 1. The van der Waals surface area contributed by atoms with Crippen LogP contribution in [-0.4, -0.2) is 54.4 Å². The summed E-state index contributed by atoms with van der Waals surface area (Å²) in [5.41, 5.74) is 1.49. The highest BCUT2D eigenvalue weighted by molar-refractivity contribution is 6.76. The quantitative estimate of drug-likeness (QED) is 0.464. The lowest BCUT2D eigenvalue weighted by Gasteiger charge is -2.23. The summed E-state index contributed by atoms with van der Waals surface area (Å²) in [4.78, 5) is 21.0. The van der Waals surface area contributed by atoms with Crippen molar-refractivity contribution >= 4 is 31.1 Å². The molecule has 1 aliphatic rings. The Labute approximate surface area is 167 Å². The van der Waals surface area contributed by atoms with Gasteiger partial charge < -0.3 is 19.9 Å². The fraction of sp³-hybridized carbons (Fsp3) is 0.632. The van der Waals surface area contributed by atoms with Crippen LogP contribution >= 0.6 is 0 Å². The van der Waals surface area contributed by atoms with Gasteiger partial charge in [-0.15, -0.1) is 0 Å². The predicted molar refractivity (Wildman–Crippen MR) is 114 cm³/mol. The van der Waals surface area contributed by atoms with Crippen LogP contribution in [0.3, 0.4) is 0 Å². The van der Waals surface area contributed by atoms with Gasteiger partial charge in [-0.25, -0.2) is 14.8 Å². The van der Waals surface area contributed by atoms with Crippen LogP contribution in [0.5, 0.6) is 0 Å². The number of ether oxygens (including phenoxy) is 1. The largest absolute Gasteiger partial charge is 0.361 e. The Hall–Kier alpha value is -1.97. The molecule has 2 aromatic heterocycles. The molecule has 0 aromatic carbocycles. The van der Waals surface area contributed by atoms with Gasteiger partial charge in [-0.05, 0) is 31.5 Å². The van der Waals surface area contributed by atoms with Crippen molar-refractivity contribution in [1.82, 2.24) is 25.2 Å². The number of nitrogens with one attached hydrogen (secondary N) is 3. The highest BCUT2D eigenvalue weighted by Gasteiger charge is 2.14. The molecule has 2 amide bonds. The SMILES string of the molecule is C[Si](C)(C)CCOCn1ccc2nc(NC(=O)NCC3CCCCN3)cnc21. The van der Waals surface area contributed by atoms with Gasteiger partial charge in [0.25, 0.3) is 0 Å². The average molecular weight is 405 g/mol. The number of hydrogen-bond donors (Lipinski definition) is 3. The van der Waals surface area contributed by atoms with Crippen LogP contribution in [0.1, 0.15) is 19.3 Å². The Kier molecular flexibility index (Phi) is 7.03. The molecule has 3 heterocycles. The first kappa shape index (κ1) is 20.8. The third-order valence-corrected chi connectivity index (χ3v) is 6.56. The molecule has 1 atom stereocenters. The summed E-state index contributed by atoms with van der Waals surface area (Å²) < 4.78 is 7.73. The van der Waals surface area contributed by atoms with E-state index in [1.165, 1.54) is 12.8 Å². The van der Waals surface area contributed by atoms with Crippen molar-refractivity contribution in [2.75, 3.05) is 25.0 Å². The van der Waals surface area contributed by atoms with E-state index < -0.39 is 8.07 Å². The molecule has 0 radical (unpaired) electrons. The lowest BCUT2D eigenvalue weighted by molar-refractivity contribution is 0.0899. The van der Waals surface area contributed by atoms with Crippen LogP contribution in [0.15, 0.2) is 18.5 Å². The summed E-state index contributed by atoms with van der Waals surface area (Å²) in [6.07, 6.45) is 7.01. The van der Waals surface area contributed by atoms with Crippen molar-refractivity contribution in [1.29, 1.82) is 0 Å². The molecule has 0 saturated carbocycles. The predicted octanol–water partition coefficient (Wildman–Crippen LogP) is 3.01. The van der Waals surface area contributed by atoms with Crippen molar-refractivity contribution in [3.8, 4) is 0 Å². The molecule has 8 nitrogen and oxygen atoms in total. The van der Waals surface area contributed by atoms with E-state index in [1.54, 1.807) is 6.20 Å². The standard InChI is InChI=1S/C19H32N6O2Si/c1-28(2,3)11-10-27-14-25-9-7-16-18(25)21-13-17(23-16)24-19(26)22-12-15-6-4-5-8-20-15/h7,9,13,15,20H,4-6,8,10-12,14H2,1-3H3,(H2,22,23,24,26). The third-order valence-electron chi connectivity index (χ3n) is 4.85.